The van der Waals surface area contributed by atoms with E-state index in [0.717, 1.165) is 11.3 Å². The van der Waals surface area contributed by atoms with Crippen LogP contribution in [0.3, 0.4) is 0 Å². The van der Waals surface area contributed by atoms with E-state index in [1.165, 1.54) is 18.2 Å². The maximum Gasteiger partial charge on any atom is 0.337 e. The van der Waals surface area contributed by atoms with E-state index < -0.39 is 11.9 Å². The van der Waals surface area contributed by atoms with Gasteiger partial charge in [-0.2, -0.15) is 0 Å². The van der Waals surface area contributed by atoms with Crippen molar-refractivity contribution in [2.24, 2.45) is 0 Å². The zero-order valence-corrected chi connectivity index (χ0v) is 11.6. The molecule has 0 aliphatic heterocycles. The van der Waals surface area contributed by atoms with Crippen molar-refractivity contribution >= 4 is 52.1 Å². The molecule has 1 aromatic carbocycles. The number of hydrogen-bond donors (Lipinski definition) is 2. The number of carboxylic acid groups (broad SMARTS) is 1. The topological polar surface area (TPSA) is 66.4 Å². The summed E-state index contributed by atoms with van der Waals surface area (Å²) in [6.45, 7) is 0. The Hall–Kier alpha value is -1.56. The maximum absolute atomic E-state index is 12.0. The highest BCUT2D eigenvalue weighted by atomic mass is 35.5. The molecule has 0 radical (unpaired) electrons. The summed E-state index contributed by atoms with van der Waals surface area (Å²) in [6.07, 6.45) is 0. The molecule has 0 saturated heterocycles. The van der Waals surface area contributed by atoms with E-state index in [-0.39, 0.29) is 16.3 Å². The quantitative estimate of drug-likeness (QED) is 0.899. The first kappa shape index (κ1) is 13.9. The Labute approximate surface area is 122 Å². The third-order valence-electron chi connectivity index (χ3n) is 2.31. The van der Waals surface area contributed by atoms with Gasteiger partial charge in [-0.3, -0.25) is 4.79 Å². The van der Waals surface area contributed by atoms with E-state index in [2.05, 4.69) is 5.32 Å². The highest BCUT2D eigenvalue weighted by Crippen LogP contribution is 2.29. The lowest BCUT2D eigenvalue weighted by molar-refractivity contribution is 0.0698. The molecular weight excluding hydrogens is 309 g/mol. The number of amides is 1. The number of hydrogen-bond acceptors (Lipinski definition) is 3. The van der Waals surface area contributed by atoms with Gasteiger partial charge >= 0.3 is 5.97 Å². The first-order valence-corrected chi connectivity index (χ1v) is 6.70. The first-order valence-electron chi connectivity index (χ1n) is 5.07. The number of nitrogens with one attached hydrogen (secondary N) is 1. The molecule has 1 aromatic heterocycles. The number of carbonyl (C=O) groups is 2. The van der Waals surface area contributed by atoms with Gasteiger partial charge in [-0.05, 0) is 23.6 Å². The smallest absolute Gasteiger partial charge is 0.337 e. The van der Waals surface area contributed by atoms with Gasteiger partial charge in [0.05, 0.1) is 21.3 Å². The molecule has 2 rings (SSSR count). The molecule has 1 heterocycles. The van der Waals surface area contributed by atoms with Crippen LogP contribution in [0.2, 0.25) is 10.0 Å². The normalized spacial score (nSPS) is 10.2. The van der Waals surface area contributed by atoms with Crippen LogP contribution in [0.4, 0.5) is 5.69 Å². The van der Waals surface area contributed by atoms with Gasteiger partial charge in [0.15, 0.2) is 0 Å². The monoisotopic (exact) mass is 315 g/mol. The summed E-state index contributed by atoms with van der Waals surface area (Å²) in [4.78, 5) is 23.4. The molecule has 98 valence electrons. The SMILES string of the molecule is O=C(O)c1cccc(Cl)c1NC(=O)c1sccc1Cl. The second-order valence-electron chi connectivity index (χ2n) is 3.52. The number of rotatable bonds is 3. The standard InChI is InChI=1S/C12H7Cl2NO3S/c13-7-3-1-2-6(12(17)18)9(7)15-11(16)10-8(14)4-5-19-10/h1-5H,(H,15,16)(H,17,18). The Morgan fingerprint density at radius 3 is 2.47 bits per heavy atom. The molecule has 0 atom stereocenters. The van der Waals surface area contributed by atoms with E-state index in [1.54, 1.807) is 11.4 Å². The molecule has 2 N–H and O–H groups in total. The van der Waals surface area contributed by atoms with Crippen LogP contribution in [0.5, 0.6) is 0 Å². The summed E-state index contributed by atoms with van der Waals surface area (Å²) >= 11 is 12.9. The molecule has 0 bridgehead atoms. The van der Waals surface area contributed by atoms with Crippen LogP contribution in [0.1, 0.15) is 20.0 Å². The van der Waals surface area contributed by atoms with Crippen LogP contribution in [-0.2, 0) is 0 Å². The van der Waals surface area contributed by atoms with Gasteiger partial charge in [-0.25, -0.2) is 4.79 Å². The predicted molar refractivity (Wildman–Crippen MR) is 75.7 cm³/mol. The number of benzene rings is 1. The second kappa shape index (κ2) is 5.61. The van der Waals surface area contributed by atoms with Crippen LogP contribution >= 0.6 is 34.5 Å². The minimum absolute atomic E-state index is 0.0612. The Morgan fingerprint density at radius 1 is 1.16 bits per heavy atom. The van der Waals surface area contributed by atoms with Crippen LogP contribution in [-0.4, -0.2) is 17.0 Å². The fraction of sp³-hybridized carbons (Fsp3) is 0. The average Bonchev–Trinajstić information content (AvgIpc) is 2.77. The Bertz CT molecular complexity index is 654. The van der Waals surface area contributed by atoms with Crippen LogP contribution in [0.25, 0.3) is 0 Å². The number of halogens is 2. The lowest BCUT2D eigenvalue weighted by Gasteiger charge is -2.09. The van der Waals surface area contributed by atoms with E-state index in [1.807, 2.05) is 0 Å². The van der Waals surface area contributed by atoms with Gasteiger partial charge in [0.2, 0.25) is 0 Å². The molecule has 0 spiro atoms. The number of carboxylic acids is 1. The van der Waals surface area contributed by atoms with Crippen LogP contribution in [0, 0.1) is 0 Å². The highest BCUT2D eigenvalue weighted by molar-refractivity contribution is 7.12. The zero-order chi connectivity index (χ0) is 14.0. The Balaban J connectivity index is 2.36. The largest absolute Gasteiger partial charge is 0.478 e. The van der Waals surface area contributed by atoms with E-state index >= 15 is 0 Å². The first-order chi connectivity index (χ1) is 9.00. The van der Waals surface area contributed by atoms with Gasteiger partial charge < -0.3 is 10.4 Å². The number of carbonyl (C=O) groups excluding carboxylic acids is 1. The molecule has 4 nitrogen and oxygen atoms in total. The summed E-state index contributed by atoms with van der Waals surface area (Å²) in [5.41, 5.74) is -0.0142. The number of aromatic carboxylic acids is 1. The van der Waals surface area contributed by atoms with Gasteiger partial charge in [0.1, 0.15) is 4.88 Å². The van der Waals surface area contributed by atoms with E-state index in [9.17, 15) is 9.59 Å². The maximum atomic E-state index is 12.0. The zero-order valence-electron chi connectivity index (χ0n) is 9.31. The number of anilines is 1. The summed E-state index contributed by atoms with van der Waals surface area (Å²) in [7, 11) is 0. The van der Waals surface area contributed by atoms with E-state index in [0.29, 0.717) is 9.90 Å². The van der Waals surface area contributed by atoms with Crippen molar-refractivity contribution in [1.82, 2.24) is 0 Å². The minimum atomic E-state index is -1.17. The lowest BCUT2D eigenvalue weighted by atomic mass is 10.1. The van der Waals surface area contributed by atoms with Gasteiger partial charge in [-0.15, -0.1) is 11.3 Å². The van der Waals surface area contributed by atoms with Crippen molar-refractivity contribution in [2.75, 3.05) is 5.32 Å². The van der Waals surface area contributed by atoms with Crippen molar-refractivity contribution in [3.05, 3.63) is 50.1 Å². The van der Waals surface area contributed by atoms with Gasteiger partial charge in [0, 0.05) is 0 Å². The second-order valence-corrected chi connectivity index (χ2v) is 5.25. The summed E-state index contributed by atoms with van der Waals surface area (Å²) in [5, 5.41) is 13.7. The molecule has 0 fully saturated rings. The predicted octanol–water partition coefficient (Wildman–Crippen LogP) is 4.01. The molecule has 1 amide bonds. The minimum Gasteiger partial charge on any atom is -0.478 e. The van der Waals surface area contributed by atoms with Crippen molar-refractivity contribution in [3.63, 3.8) is 0 Å². The Kier molecular flexibility index (Phi) is 4.09. The fourth-order valence-corrected chi connectivity index (χ4v) is 2.71. The van der Waals surface area contributed by atoms with Crippen LogP contribution < -0.4 is 5.32 Å². The molecule has 7 heteroatoms. The molecule has 0 unspecified atom stereocenters. The molecule has 2 aromatic rings. The summed E-state index contributed by atoms with van der Waals surface area (Å²) < 4.78 is 0. The van der Waals surface area contributed by atoms with Gasteiger partial charge in [0.25, 0.3) is 5.91 Å². The number of thiophene rings is 1. The third kappa shape index (κ3) is 2.89. The van der Waals surface area contributed by atoms with Gasteiger partial charge in [-0.1, -0.05) is 29.3 Å². The van der Waals surface area contributed by atoms with E-state index in [4.69, 9.17) is 28.3 Å². The summed E-state index contributed by atoms with van der Waals surface area (Å²) in [6, 6.07) is 5.95. The fourth-order valence-electron chi connectivity index (χ4n) is 1.46. The molecular formula is C12H7Cl2NO3S. The van der Waals surface area contributed by atoms with Crippen molar-refractivity contribution in [1.29, 1.82) is 0 Å². The average molecular weight is 316 g/mol. The van der Waals surface area contributed by atoms with Crippen molar-refractivity contribution in [2.45, 2.75) is 0 Å². The highest BCUT2D eigenvalue weighted by Gasteiger charge is 2.18. The van der Waals surface area contributed by atoms with Crippen LogP contribution in [0.15, 0.2) is 29.6 Å². The summed E-state index contributed by atoms with van der Waals surface area (Å²) in [5.74, 6) is -1.66. The van der Waals surface area contributed by atoms with Crippen molar-refractivity contribution < 1.29 is 14.7 Å². The Morgan fingerprint density at radius 2 is 1.89 bits per heavy atom. The molecule has 19 heavy (non-hydrogen) atoms. The molecule has 0 aliphatic carbocycles. The molecule has 0 saturated carbocycles. The molecule has 0 aliphatic rings. The lowest BCUT2D eigenvalue weighted by Crippen LogP contribution is -2.14. The van der Waals surface area contributed by atoms with Crippen molar-refractivity contribution in [3.8, 4) is 0 Å². The third-order valence-corrected chi connectivity index (χ3v) is 3.96. The number of para-hydroxylation sites is 1.